The Morgan fingerprint density at radius 2 is 1.96 bits per heavy atom. The van der Waals surface area contributed by atoms with E-state index >= 15 is 0 Å². The molecule has 1 fully saturated rings. The fraction of sp³-hybridized carbons (Fsp3) is 0.389. The van der Waals surface area contributed by atoms with Crippen molar-refractivity contribution in [3.05, 3.63) is 58.5 Å². The van der Waals surface area contributed by atoms with Gasteiger partial charge in [0.15, 0.2) is 0 Å². The van der Waals surface area contributed by atoms with Gasteiger partial charge in [-0.3, -0.25) is 9.59 Å². The lowest BCUT2D eigenvalue weighted by molar-refractivity contribution is 0.0600. The van der Waals surface area contributed by atoms with Crippen LogP contribution in [0.15, 0.2) is 47.3 Å². The van der Waals surface area contributed by atoms with Crippen LogP contribution in [-0.2, 0) is 0 Å². The molecule has 0 radical (unpaired) electrons. The van der Waals surface area contributed by atoms with E-state index in [4.69, 9.17) is 0 Å². The summed E-state index contributed by atoms with van der Waals surface area (Å²) in [6, 6.07) is 12.4. The minimum Gasteiger partial charge on any atom is -0.334 e. The van der Waals surface area contributed by atoms with Crippen molar-refractivity contribution < 1.29 is 4.79 Å². The maximum absolute atomic E-state index is 12.8. The fourth-order valence-corrected chi connectivity index (χ4v) is 3.12. The summed E-state index contributed by atoms with van der Waals surface area (Å²) in [6.07, 6.45) is 4.18. The highest BCUT2D eigenvalue weighted by Gasteiger charge is 2.27. The van der Waals surface area contributed by atoms with E-state index in [0.717, 1.165) is 25.8 Å². The van der Waals surface area contributed by atoms with Crippen molar-refractivity contribution in [2.75, 3.05) is 6.54 Å². The molecule has 2 heterocycles. The van der Waals surface area contributed by atoms with E-state index in [-0.39, 0.29) is 17.5 Å². The molecule has 5 heteroatoms. The summed E-state index contributed by atoms with van der Waals surface area (Å²) in [5.74, 6) is -0.0822. The minimum absolute atomic E-state index is 0.0822. The van der Waals surface area contributed by atoms with Crippen LogP contribution in [0.3, 0.4) is 0 Å². The molecule has 23 heavy (non-hydrogen) atoms. The first-order chi connectivity index (χ1) is 11.2. The maximum Gasteiger partial charge on any atom is 0.274 e. The van der Waals surface area contributed by atoms with Crippen molar-refractivity contribution in [1.82, 2.24) is 14.7 Å². The van der Waals surface area contributed by atoms with Gasteiger partial charge in [0.1, 0.15) is 5.69 Å². The number of hydrogen-bond donors (Lipinski definition) is 0. The number of carbonyl (C=O) groups is 1. The zero-order valence-corrected chi connectivity index (χ0v) is 13.3. The summed E-state index contributed by atoms with van der Waals surface area (Å²) in [7, 11) is 0. The van der Waals surface area contributed by atoms with Gasteiger partial charge in [0.25, 0.3) is 11.5 Å². The van der Waals surface area contributed by atoms with Crippen molar-refractivity contribution in [3.63, 3.8) is 0 Å². The molecule has 1 aromatic carbocycles. The second kappa shape index (κ2) is 6.77. The molecule has 3 rings (SSSR count). The number of nitrogens with zero attached hydrogens (tertiary/aromatic N) is 3. The standard InChI is InChI=1S/C18H21N3O2/c1-2-14-8-6-7-13-20(14)18(23)16-11-12-17(22)21(19-16)15-9-4-3-5-10-15/h3-5,9-12,14H,2,6-8,13H2,1H3/t14-/m0/s1. The Balaban J connectivity index is 1.94. The number of carbonyl (C=O) groups excluding carboxylic acids is 1. The van der Waals surface area contributed by atoms with Crippen LogP contribution in [-0.4, -0.2) is 33.2 Å². The van der Waals surface area contributed by atoms with E-state index in [1.807, 2.05) is 23.1 Å². The number of para-hydroxylation sites is 1. The summed E-state index contributed by atoms with van der Waals surface area (Å²) in [5, 5.41) is 4.30. The Kier molecular flexibility index (Phi) is 4.55. The van der Waals surface area contributed by atoms with Gasteiger partial charge in [0.2, 0.25) is 0 Å². The lowest BCUT2D eigenvalue weighted by Crippen LogP contribution is -2.44. The van der Waals surface area contributed by atoms with Gasteiger partial charge >= 0.3 is 0 Å². The molecular weight excluding hydrogens is 290 g/mol. The Labute approximate surface area is 135 Å². The number of aromatic nitrogens is 2. The van der Waals surface area contributed by atoms with Crippen LogP contribution < -0.4 is 5.56 Å². The van der Waals surface area contributed by atoms with Crippen LogP contribution in [0.1, 0.15) is 43.1 Å². The summed E-state index contributed by atoms with van der Waals surface area (Å²) >= 11 is 0. The molecule has 1 aliphatic heterocycles. The molecule has 0 spiro atoms. The Morgan fingerprint density at radius 3 is 2.70 bits per heavy atom. The van der Waals surface area contributed by atoms with Gasteiger partial charge in [-0.1, -0.05) is 25.1 Å². The number of likely N-dealkylation sites (tertiary alicyclic amines) is 1. The molecule has 2 aromatic rings. The van der Waals surface area contributed by atoms with Crippen LogP contribution in [0.25, 0.3) is 5.69 Å². The number of benzene rings is 1. The van der Waals surface area contributed by atoms with Gasteiger partial charge in [0, 0.05) is 18.7 Å². The second-order valence-electron chi connectivity index (χ2n) is 5.86. The first-order valence-electron chi connectivity index (χ1n) is 8.17. The Bertz CT molecular complexity index is 739. The molecule has 5 nitrogen and oxygen atoms in total. The average molecular weight is 311 g/mol. The van der Waals surface area contributed by atoms with Gasteiger partial charge in [-0.25, -0.2) is 0 Å². The molecule has 120 valence electrons. The molecule has 0 aliphatic carbocycles. The van der Waals surface area contributed by atoms with Crippen LogP contribution >= 0.6 is 0 Å². The molecular formula is C18H21N3O2. The van der Waals surface area contributed by atoms with E-state index < -0.39 is 0 Å². The predicted octanol–water partition coefficient (Wildman–Crippen LogP) is 2.64. The quantitative estimate of drug-likeness (QED) is 0.875. The van der Waals surface area contributed by atoms with Crippen LogP contribution in [0.4, 0.5) is 0 Å². The molecule has 1 aromatic heterocycles. The van der Waals surface area contributed by atoms with Crippen molar-refractivity contribution in [3.8, 4) is 5.69 Å². The zero-order chi connectivity index (χ0) is 16.2. The maximum atomic E-state index is 12.8. The third-order valence-electron chi connectivity index (χ3n) is 4.38. The first kappa shape index (κ1) is 15.5. The van der Waals surface area contributed by atoms with E-state index in [9.17, 15) is 9.59 Å². The highest BCUT2D eigenvalue weighted by Crippen LogP contribution is 2.21. The van der Waals surface area contributed by atoms with Crippen molar-refractivity contribution in [1.29, 1.82) is 0 Å². The highest BCUT2D eigenvalue weighted by molar-refractivity contribution is 5.92. The predicted molar refractivity (Wildman–Crippen MR) is 88.8 cm³/mol. The normalized spacial score (nSPS) is 18.0. The number of piperidine rings is 1. The van der Waals surface area contributed by atoms with Gasteiger partial charge < -0.3 is 4.90 Å². The Hall–Kier alpha value is -2.43. The average Bonchev–Trinajstić information content (AvgIpc) is 2.62. The molecule has 0 saturated carbocycles. The van der Waals surface area contributed by atoms with Crippen molar-refractivity contribution in [2.24, 2.45) is 0 Å². The SMILES string of the molecule is CC[C@H]1CCCCN1C(=O)c1ccc(=O)n(-c2ccccc2)n1. The first-order valence-corrected chi connectivity index (χ1v) is 8.17. The molecule has 1 amide bonds. The zero-order valence-electron chi connectivity index (χ0n) is 13.3. The molecule has 0 unspecified atom stereocenters. The van der Waals surface area contributed by atoms with Gasteiger partial charge in [-0.2, -0.15) is 9.78 Å². The summed E-state index contributed by atoms with van der Waals surface area (Å²) in [4.78, 5) is 26.8. The Morgan fingerprint density at radius 1 is 1.17 bits per heavy atom. The van der Waals surface area contributed by atoms with E-state index in [2.05, 4.69) is 12.0 Å². The van der Waals surface area contributed by atoms with Crippen LogP contribution in [0.5, 0.6) is 0 Å². The molecule has 1 saturated heterocycles. The van der Waals surface area contributed by atoms with Gasteiger partial charge in [0.05, 0.1) is 5.69 Å². The monoisotopic (exact) mass is 311 g/mol. The van der Waals surface area contributed by atoms with E-state index in [0.29, 0.717) is 11.4 Å². The van der Waals surface area contributed by atoms with Crippen molar-refractivity contribution >= 4 is 5.91 Å². The van der Waals surface area contributed by atoms with Crippen LogP contribution in [0.2, 0.25) is 0 Å². The smallest absolute Gasteiger partial charge is 0.274 e. The topological polar surface area (TPSA) is 55.2 Å². The molecule has 1 aliphatic rings. The molecule has 0 bridgehead atoms. The fourth-order valence-electron chi connectivity index (χ4n) is 3.12. The second-order valence-corrected chi connectivity index (χ2v) is 5.86. The number of rotatable bonds is 3. The largest absolute Gasteiger partial charge is 0.334 e. The van der Waals surface area contributed by atoms with E-state index in [1.54, 1.807) is 12.1 Å². The summed E-state index contributed by atoms with van der Waals surface area (Å²) in [5.41, 5.74) is 0.755. The molecule has 0 N–H and O–H groups in total. The summed E-state index contributed by atoms with van der Waals surface area (Å²) < 4.78 is 1.29. The minimum atomic E-state index is -0.238. The third kappa shape index (κ3) is 3.18. The van der Waals surface area contributed by atoms with E-state index in [1.165, 1.54) is 23.2 Å². The van der Waals surface area contributed by atoms with Gasteiger partial charge in [-0.15, -0.1) is 0 Å². The third-order valence-corrected chi connectivity index (χ3v) is 4.38. The van der Waals surface area contributed by atoms with Gasteiger partial charge in [-0.05, 0) is 43.9 Å². The highest BCUT2D eigenvalue weighted by atomic mass is 16.2. The molecule has 1 atom stereocenters. The number of amides is 1. The van der Waals surface area contributed by atoms with Crippen molar-refractivity contribution in [2.45, 2.75) is 38.6 Å². The number of hydrogen-bond acceptors (Lipinski definition) is 3. The van der Waals surface area contributed by atoms with Crippen LogP contribution in [0, 0.1) is 0 Å². The lowest BCUT2D eigenvalue weighted by Gasteiger charge is -2.35. The lowest BCUT2D eigenvalue weighted by atomic mass is 9.99. The summed E-state index contributed by atoms with van der Waals surface area (Å²) in [6.45, 7) is 2.87.